The fraction of sp³-hybridized carbons (Fsp3) is 0.348. The van der Waals surface area contributed by atoms with Crippen LogP contribution in [0.15, 0.2) is 55.0 Å². The van der Waals surface area contributed by atoms with Gasteiger partial charge in [0, 0.05) is 29.7 Å². The molecule has 1 atom stereocenters. The molecule has 2 heterocycles. The Kier molecular flexibility index (Phi) is 6.11. The van der Waals surface area contributed by atoms with Gasteiger partial charge < -0.3 is 0 Å². The molecule has 0 radical (unpaired) electrons. The van der Waals surface area contributed by atoms with E-state index in [-0.39, 0.29) is 0 Å². The van der Waals surface area contributed by atoms with E-state index in [1.54, 1.807) is 0 Å². The molecule has 0 amide bonds. The fourth-order valence-corrected chi connectivity index (χ4v) is 2.98. The molecule has 0 bridgehead atoms. The Balaban J connectivity index is 1.72. The maximum Gasteiger partial charge on any atom is 0.160 e. The maximum absolute atomic E-state index is 4.61. The third kappa shape index (κ3) is 4.54. The van der Waals surface area contributed by atoms with Crippen molar-refractivity contribution in [3.05, 3.63) is 66.1 Å². The summed E-state index contributed by atoms with van der Waals surface area (Å²) >= 11 is 0. The van der Waals surface area contributed by atoms with Crippen LogP contribution in [0.4, 0.5) is 0 Å². The first-order valence-corrected chi connectivity index (χ1v) is 9.56. The second kappa shape index (κ2) is 8.70. The SMILES string of the molecule is CCCc1ccc(-c2ccc(-c3ncc(CC(C)CC)cn3)cn2)cc1. The van der Waals surface area contributed by atoms with Gasteiger partial charge in [0.2, 0.25) is 0 Å². The second-order valence-corrected chi connectivity index (χ2v) is 7.01. The van der Waals surface area contributed by atoms with Crippen molar-refractivity contribution in [3.63, 3.8) is 0 Å². The molecule has 134 valence electrons. The van der Waals surface area contributed by atoms with Gasteiger partial charge in [0.25, 0.3) is 0 Å². The number of hydrogen-bond donors (Lipinski definition) is 0. The number of nitrogens with zero attached hydrogens (tertiary/aromatic N) is 3. The van der Waals surface area contributed by atoms with Gasteiger partial charge in [-0.25, -0.2) is 9.97 Å². The molecule has 3 nitrogen and oxygen atoms in total. The van der Waals surface area contributed by atoms with Crippen molar-refractivity contribution in [3.8, 4) is 22.6 Å². The lowest BCUT2D eigenvalue weighted by atomic mass is 10.0. The van der Waals surface area contributed by atoms with E-state index in [4.69, 9.17) is 0 Å². The Morgan fingerprint density at radius 3 is 2.04 bits per heavy atom. The van der Waals surface area contributed by atoms with Gasteiger partial charge in [-0.2, -0.15) is 0 Å². The molecule has 3 rings (SSSR count). The molecule has 3 aromatic rings. The number of aryl methyl sites for hydroxylation is 1. The predicted molar refractivity (Wildman–Crippen MR) is 108 cm³/mol. The fourth-order valence-electron chi connectivity index (χ4n) is 2.98. The summed E-state index contributed by atoms with van der Waals surface area (Å²) in [6, 6.07) is 12.8. The molecule has 0 aliphatic heterocycles. The van der Waals surface area contributed by atoms with E-state index in [9.17, 15) is 0 Å². The summed E-state index contributed by atoms with van der Waals surface area (Å²) < 4.78 is 0. The van der Waals surface area contributed by atoms with Crippen LogP contribution < -0.4 is 0 Å². The topological polar surface area (TPSA) is 38.7 Å². The van der Waals surface area contributed by atoms with E-state index in [0.717, 1.165) is 35.5 Å². The predicted octanol–water partition coefficient (Wildman–Crippen LogP) is 5.75. The Labute approximate surface area is 156 Å². The van der Waals surface area contributed by atoms with Gasteiger partial charge >= 0.3 is 0 Å². The van der Waals surface area contributed by atoms with Crippen LogP contribution in [-0.4, -0.2) is 15.0 Å². The summed E-state index contributed by atoms with van der Waals surface area (Å²) in [4.78, 5) is 13.6. The standard InChI is InChI=1S/C23H27N3/c1-4-6-18-7-9-20(10-8-18)22-12-11-21(16-24-22)23-25-14-19(15-26-23)13-17(3)5-2/h7-12,14-17H,4-6,13H2,1-3H3. The van der Waals surface area contributed by atoms with Gasteiger partial charge in [0.05, 0.1) is 5.69 Å². The van der Waals surface area contributed by atoms with Crippen LogP contribution in [0, 0.1) is 5.92 Å². The zero-order valence-electron chi connectivity index (χ0n) is 15.9. The van der Waals surface area contributed by atoms with Gasteiger partial charge in [0.1, 0.15) is 0 Å². The number of aromatic nitrogens is 3. The van der Waals surface area contributed by atoms with Gasteiger partial charge in [-0.15, -0.1) is 0 Å². The Morgan fingerprint density at radius 2 is 1.46 bits per heavy atom. The van der Waals surface area contributed by atoms with E-state index >= 15 is 0 Å². The van der Waals surface area contributed by atoms with Crippen molar-refractivity contribution in [2.24, 2.45) is 5.92 Å². The highest BCUT2D eigenvalue weighted by atomic mass is 14.9. The highest BCUT2D eigenvalue weighted by Crippen LogP contribution is 2.21. The lowest BCUT2D eigenvalue weighted by molar-refractivity contribution is 0.558. The van der Waals surface area contributed by atoms with Crippen LogP contribution >= 0.6 is 0 Å². The van der Waals surface area contributed by atoms with E-state index < -0.39 is 0 Å². The number of benzene rings is 1. The van der Waals surface area contributed by atoms with Gasteiger partial charge in [-0.1, -0.05) is 57.9 Å². The van der Waals surface area contributed by atoms with Crippen molar-refractivity contribution >= 4 is 0 Å². The molecule has 0 fully saturated rings. The van der Waals surface area contributed by atoms with Gasteiger partial charge in [0.15, 0.2) is 5.82 Å². The van der Waals surface area contributed by atoms with E-state index in [1.165, 1.54) is 24.0 Å². The first kappa shape index (κ1) is 18.2. The lowest BCUT2D eigenvalue weighted by Gasteiger charge is -2.08. The van der Waals surface area contributed by atoms with Crippen LogP contribution in [0.25, 0.3) is 22.6 Å². The van der Waals surface area contributed by atoms with Crippen LogP contribution in [0.5, 0.6) is 0 Å². The molecular formula is C23H27N3. The second-order valence-electron chi connectivity index (χ2n) is 7.01. The minimum absolute atomic E-state index is 0.661. The van der Waals surface area contributed by atoms with Crippen LogP contribution in [0.3, 0.4) is 0 Å². The molecule has 0 spiro atoms. The van der Waals surface area contributed by atoms with Crippen molar-refractivity contribution < 1.29 is 0 Å². The quantitative estimate of drug-likeness (QED) is 0.547. The third-order valence-electron chi connectivity index (χ3n) is 4.80. The molecule has 26 heavy (non-hydrogen) atoms. The lowest BCUT2D eigenvalue weighted by Crippen LogP contribution is -2.00. The van der Waals surface area contributed by atoms with Gasteiger partial charge in [-0.05, 0) is 42.0 Å². The normalized spacial score (nSPS) is 12.1. The number of pyridine rings is 1. The maximum atomic E-state index is 4.61. The highest BCUT2D eigenvalue weighted by Gasteiger charge is 2.06. The molecule has 0 saturated heterocycles. The molecule has 3 heteroatoms. The molecule has 0 saturated carbocycles. The molecular weight excluding hydrogens is 318 g/mol. The summed E-state index contributed by atoms with van der Waals surface area (Å²) in [5, 5.41) is 0. The van der Waals surface area contributed by atoms with Crippen molar-refractivity contribution in [1.29, 1.82) is 0 Å². The molecule has 0 aliphatic carbocycles. The smallest absolute Gasteiger partial charge is 0.160 e. The first-order valence-electron chi connectivity index (χ1n) is 9.56. The largest absolute Gasteiger partial charge is 0.255 e. The average molecular weight is 345 g/mol. The molecule has 1 unspecified atom stereocenters. The van der Waals surface area contributed by atoms with Crippen molar-refractivity contribution in [1.82, 2.24) is 15.0 Å². The summed E-state index contributed by atoms with van der Waals surface area (Å²) in [7, 11) is 0. The number of hydrogen-bond acceptors (Lipinski definition) is 3. The van der Waals surface area contributed by atoms with Crippen LogP contribution in [0.2, 0.25) is 0 Å². The summed E-state index contributed by atoms with van der Waals surface area (Å²) in [5.74, 6) is 1.39. The minimum Gasteiger partial charge on any atom is -0.255 e. The van der Waals surface area contributed by atoms with Crippen molar-refractivity contribution in [2.75, 3.05) is 0 Å². The van der Waals surface area contributed by atoms with Crippen molar-refractivity contribution in [2.45, 2.75) is 46.5 Å². The molecule has 1 aromatic carbocycles. The number of rotatable bonds is 7. The summed E-state index contributed by atoms with van der Waals surface area (Å²) in [5.41, 5.74) is 5.64. The summed E-state index contributed by atoms with van der Waals surface area (Å²) in [6.07, 6.45) is 10.2. The highest BCUT2D eigenvalue weighted by molar-refractivity contribution is 5.63. The van der Waals surface area contributed by atoms with E-state index in [0.29, 0.717) is 5.92 Å². The summed E-state index contributed by atoms with van der Waals surface area (Å²) in [6.45, 7) is 6.67. The Morgan fingerprint density at radius 1 is 0.769 bits per heavy atom. The Bertz CT molecular complexity index is 806. The van der Waals surface area contributed by atoms with Gasteiger partial charge in [-0.3, -0.25) is 4.98 Å². The molecule has 0 N–H and O–H groups in total. The van der Waals surface area contributed by atoms with Crippen LogP contribution in [0.1, 0.15) is 44.7 Å². The third-order valence-corrected chi connectivity index (χ3v) is 4.80. The average Bonchev–Trinajstić information content (AvgIpc) is 2.69. The van der Waals surface area contributed by atoms with E-state index in [2.05, 4.69) is 60.0 Å². The monoisotopic (exact) mass is 345 g/mol. The first-order chi connectivity index (χ1) is 12.7. The Hall–Kier alpha value is -2.55. The molecule has 2 aromatic heterocycles. The minimum atomic E-state index is 0.661. The zero-order chi connectivity index (χ0) is 18.4. The zero-order valence-corrected chi connectivity index (χ0v) is 15.9. The van der Waals surface area contributed by atoms with E-state index in [1.807, 2.05) is 30.7 Å². The van der Waals surface area contributed by atoms with Crippen LogP contribution in [-0.2, 0) is 12.8 Å². The molecule has 0 aliphatic rings.